The summed E-state index contributed by atoms with van der Waals surface area (Å²) in [5.41, 5.74) is 2.91. The monoisotopic (exact) mass is 451 g/mol. The largest absolute Gasteiger partial charge is 0.461 e. The number of hydrogen-bond acceptors (Lipinski definition) is 5. The van der Waals surface area contributed by atoms with E-state index in [-0.39, 0.29) is 6.04 Å². The highest BCUT2D eigenvalue weighted by Crippen LogP contribution is 2.30. The minimum Gasteiger partial charge on any atom is -0.461 e. The summed E-state index contributed by atoms with van der Waals surface area (Å²) in [5.74, 6) is -2.09. The van der Waals surface area contributed by atoms with Gasteiger partial charge in [-0.1, -0.05) is 42.5 Å². The molecule has 1 aromatic heterocycles. The Balaban J connectivity index is 1.46. The number of aromatic nitrogens is 1. The van der Waals surface area contributed by atoms with Crippen LogP contribution in [0.1, 0.15) is 40.3 Å². The third-order valence-corrected chi connectivity index (χ3v) is 5.82. The minimum absolute atomic E-state index is 0.159. The molecule has 33 heavy (non-hydrogen) atoms. The van der Waals surface area contributed by atoms with E-state index in [4.69, 9.17) is 4.74 Å². The average Bonchev–Trinajstić information content (AvgIpc) is 2.84. The number of halogens is 2. The molecule has 1 saturated heterocycles. The summed E-state index contributed by atoms with van der Waals surface area (Å²) in [4.78, 5) is 21.0. The fraction of sp³-hybridized carbons (Fsp3) is 0.308. The van der Waals surface area contributed by atoms with Crippen LogP contribution in [0.3, 0.4) is 0 Å². The minimum atomic E-state index is -0.840. The smallest absolute Gasteiger partial charge is 0.356 e. The molecule has 0 bridgehead atoms. The molecule has 0 saturated carbocycles. The second-order valence-electron chi connectivity index (χ2n) is 8.03. The standard InChI is InChI=1S/C26H27F2N3O2/c1-2-33-26(32)24-10-6-9-21(29-24)18-30-13-15-31(16-14-30)25(19-7-4-3-5-8-19)20-11-12-22(27)23(28)17-20/h3-12,17,25H,2,13-16,18H2,1H3. The van der Waals surface area contributed by atoms with Gasteiger partial charge in [-0.25, -0.2) is 18.6 Å². The Morgan fingerprint density at radius 3 is 2.39 bits per heavy atom. The number of esters is 1. The van der Waals surface area contributed by atoms with Crippen molar-refractivity contribution in [2.75, 3.05) is 32.8 Å². The number of benzene rings is 2. The van der Waals surface area contributed by atoms with Gasteiger partial charge in [0.05, 0.1) is 18.3 Å². The third kappa shape index (κ3) is 5.61. The van der Waals surface area contributed by atoms with Gasteiger partial charge in [0.15, 0.2) is 11.6 Å². The summed E-state index contributed by atoms with van der Waals surface area (Å²) in [6.45, 7) is 5.81. The number of pyridine rings is 1. The summed E-state index contributed by atoms with van der Waals surface area (Å²) in [7, 11) is 0. The molecule has 4 rings (SSSR count). The predicted octanol–water partition coefficient (Wildman–Crippen LogP) is 4.44. The topological polar surface area (TPSA) is 45.7 Å². The number of hydrogen-bond donors (Lipinski definition) is 0. The van der Waals surface area contributed by atoms with Gasteiger partial charge in [0.2, 0.25) is 0 Å². The summed E-state index contributed by atoms with van der Waals surface area (Å²) >= 11 is 0. The molecule has 1 fully saturated rings. The van der Waals surface area contributed by atoms with Crippen molar-refractivity contribution in [1.29, 1.82) is 0 Å². The van der Waals surface area contributed by atoms with Crippen molar-refractivity contribution in [1.82, 2.24) is 14.8 Å². The van der Waals surface area contributed by atoms with Gasteiger partial charge in [0, 0.05) is 32.7 Å². The molecule has 172 valence electrons. The number of nitrogens with zero attached hydrogens (tertiary/aromatic N) is 3. The Morgan fingerprint density at radius 1 is 0.939 bits per heavy atom. The molecule has 1 aliphatic heterocycles. The van der Waals surface area contributed by atoms with Gasteiger partial charge >= 0.3 is 5.97 Å². The molecule has 1 unspecified atom stereocenters. The normalized spacial score (nSPS) is 15.8. The first-order valence-electron chi connectivity index (χ1n) is 11.1. The second kappa shape index (κ2) is 10.6. The number of carbonyl (C=O) groups is 1. The zero-order chi connectivity index (χ0) is 23.2. The van der Waals surface area contributed by atoms with Crippen LogP contribution in [0.4, 0.5) is 8.78 Å². The van der Waals surface area contributed by atoms with Crippen molar-refractivity contribution in [3.05, 3.63) is 101 Å². The molecule has 0 spiro atoms. The Kier molecular flexibility index (Phi) is 7.42. The fourth-order valence-corrected chi connectivity index (χ4v) is 4.23. The molecule has 2 aromatic carbocycles. The molecule has 1 atom stereocenters. The second-order valence-corrected chi connectivity index (χ2v) is 8.03. The van der Waals surface area contributed by atoms with Crippen LogP contribution >= 0.6 is 0 Å². The Morgan fingerprint density at radius 2 is 1.70 bits per heavy atom. The van der Waals surface area contributed by atoms with Crippen molar-refractivity contribution in [3.8, 4) is 0 Å². The molecule has 0 radical (unpaired) electrons. The van der Waals surface area contributed by atoms with Crippen molar-refractivity contribution < 1.29 is 18.3 Å². The molecular weight excluding hydrogens is 424 g/mol. The van der Waals surface area contributed by atoms with Crippen LogP contribution in [0.2, 0.25) is 0 Å². The maximum Gasteiger partial charge on any atom is 0.356 e. The molecule has 3 aromatic rings. The molecule has 0 aliphatic carbocycles. The van der Waals surface area contributed by atoms with E-state index in [0.717, 1.165) is 43.0 Å². The van der Waals surface area contributed by atoms with Gasteiger partial charge in [-0.05, 0) is 42.3 Å². The number of carbonyl (C=O) groups excluding carboxylic acids is 1. The summed E-state index contributed by atoms with van der Waals surface area (Å²) in [5, 5.41) is 0. The molecular formula is C26H27F2N3O2. The Hall–Kier alpha value is -3.16. The maximum atomic E-state index is 14.0. The quantitative estimate of drug-likeness (QED) is 0.497. The lowest BCUT2D eigenvalue weighted by Gasteiger charge is -2.39. The van der Waals surface area contributed by atoms with Crippen molar-refractivity contribution >= 4 is 5.97 Å². The molecule has 5 nitrogen and oxygen atoms in total. The van der Waals surface area contributed by atoms with Crippen LogP contribution in [0.15, 0.2) is 66.7 Å². The first-order valence-corrected chi connectivity index (χ1v) is 11.1. The van der Waals surface area contributed by atoms with Crippen LogP contribution in [0.5, 0.6) is 0 Å². The molecule has 0 N–H and O–H groups in total. The first kappa shape index (κ1) is 23.0. The van der Waals surface area contributed by atoms with Gasteiger partial charge < -0.3 is 4.74 Å². The van der Waals surface area contributed by atoms with Crippen LogP contribution < -0.4 is 0 Å². The van der Waals surface area contributed by atoms with E-state index >= 15 is 0 Å². The lowest BCUT2D eigenvalue weighted by Crippen LogP contribution is -2.47. The Labute approximate surface area is 192 Å². The number of ether oxygens (including phenoxy) is 1. The highest BCUT2D eigenvalue weighted by atomic mass is 19.2. The molecule has 1 aliphatic rings. The molecule has 2 heterocycles. The van der Waals surface area contributed by atoms with Crippen LogP contribution in [-0.4, -0.2) is 53.5 Å². The Bertz CT molecular complexity index is 1090. The molecule has 7 heteroatoms. The van der Waals surface area contributed by atoms with Crippen molar-refractivity contribution in [2.24, 2.45) is 0 Å². The zero-order valence-electron chi connectivity index (χ0n) is 18.6. The zero-order valence-corrected chi connectivity index (χ0v) is 18.6. The average molecular weight is 452 g/mol. The lowest BCUT2D eigenvalue weighted by atomic mass is 9.96. The number of rotatable bonds is 7. The van der Waals surface area contributed by atoms with E-state index in [9.17, 15) is 13.6 Å². The summed E-state index contributed by atoms with van der Waals surface area (Å²) < 4.78 is 32.6. The van der Waals surface area contributed by atoms with Gasteiger partial charge in [0.1, 0.15) is 5.69 Å². The van der Waals surface area contributed by atoms with Gasteiger partial charge in [-0.3, -0.25) is 9.80 Å². The first-order chi connectivity index (χ1) is 16.0. The maximum absolute atomic E-state index is 14.0. The van der Waals surface area contributed by atoms with Crippen molar-refractivity contribution in [3.63, 3.8) is 0 Å². The van der Waals surface area contributed by atoms with Crippen molar-refractivity contribution in [2.45, 2.75) is 19.5 Å². The van der Waals surface area contributed by atoms with E-state index in [1.54, 1.807) is 19.1 Å². The van der Waals surface area contributed by atoms with Crippen LogP contribution in [-0.2, 0) is 11.3 Å². The van der Waals surface area contributed by atoms with E-state index in [0.29, 0.717) is 18.8 Å². The predicted molar refractivity (Wildman–Crippen MR) is 122 cm³/mol. The van der Waals surface area contributed by atoms with Gasteiger partial charge in [-0.2, -0.15) is 0 Å². The highest BCUT2D eigenvalue weighted by Gasteiger charge is 2.27. The molecule has 0 amide bonds. The highest BCUT2D eigenvalue weighted by molar-refractivity contribution is 5.87. The van der Waals surface area contributed by atoms with Gasteiger partial charge in [-0.15, -0.1) is 0 Å². The van der Waals surface area contributed by atoms with Gasteiger partial charge in [0.25, 0.3) is 0 Å². The fourth-order valence-electron chi connectivity index (χ4n) is 4.23. The van der Waals surface area contributed by atoms with E-state index in [1.807, 2.05) is 42.5 Å². The lowest BCUT2D eigenvalue weighted by molar-refractivity contribution is 0.0518. The summed E-state index contributed by atoms with van der Waals surface area (Å²) in [6, 6.07) is 19.3. The van der Waals surface area contributed by atoms with Crippen LogP contribution in [0, 0.1) is 11.6 Å². The van der Waals surface area contributed by atoms with Crippen LogP contribution in [0.25, 0.3) is 0 Å². The third-order valence-electron chi connectivity index (χ3n) is 5.82. The van der Waals surface area contributed by atoms with E-state index < -0.39 is 17.6 Å². The number of piperazine rings is 1. The van der Waals surface area contributed by atoms with E-state index in [2.05, 4.69) is 14.8 Å². The SMILES string of the molecule is CCOC(=O)c1cccc(CN2CCN(C(c3ccccc3)c3ccc(F)c(F)c3)CC2)n1. The summed E-state index contributed by atoms with van der Waals surface area (Å²) in [6.07, 6.45) is 0. The van der Waals surface area contributed by atoms with E-state index in [1.165, 1.54) is 12.1 Å².